The molecular formula is C12H17ClO. The predicted molar refractivity (Wildman–Crippen MR) is 61.1 cm³/mol. The van der Waals surface area contributed by atoms with Crippen LogP contribution in [0.4, 0.5) is 0 Å². The molecule has 1 rings (SSSR count). The number of halogens is 1. The van der Waals surface area contributed by atoms with Crippen LogP contribution < -0.4 is 0 Å². The van der Waals surface area contributed by atoms with Crippen molar-refractivity contribution in [3.05, 3.63) is 28.3 Å². The SMILES string of the molecule is CCCc1cc(Cl)cc(CCC)c1O. The number of phenols is 1. The standard InChI is InChI=1S/C12H17ClO/c1-3-5-9-7-11(13)8-10(6-4-2)12(9)14/h7-8,14H,3-6H2,1-2H3. The maximum Gasteiger partial charge on any atom is 0.122 e. The van der Waals surface area contributed by atoms with Gasteiger partial charge in [-0.05, 0) is 36.1 Å². The minimum absolute atomic E-state index is 0.443. The summed E-state index contributed by atoms with van der Waals surface area (Å²) < 4.78 is 0. The van der Waals surface area contributed by atoms with E-state index in [-0.39, 0.29) is 0 Å². The molecule has 0 unspecified atom stereocenters. The highest BCUT2D eigenvalue weighted by atomic mass is 35.5. The zero-order valence-corrected chi connectivity index (χ0v) is 9.56. The molecule has 0 amide bonds. The lowest BCUT2D eigenvalue weighted by molar-refractivity contribution is 0.460. The summed E-state index contributed by atoms with van der Waals surface area (Å²) in [5, 5.41) is 10.6. The molecule has 14 heavy (non-hydrogen) atoms. The Balaban J connectivity index is 3.04. The molecule has 2 heteroatoms. The van der Waals surface area contributed by atoms with Gasteiger partial charge in [0.1, 0.15) is 5.75 Å². The van der Waals surface area contributed by atoms with E-state index < -0.39 is 0 Å². The molecule has 0 fully saturated rings. The van der Waals surface area contributed by atoms with Crippen LogP contribution in [0.5, 0.6) is 5.75 Å². The molecule has 0 heterocycles. The van der Waals surface area contributed by atoms with Crippen molar-refractivity contribution < 1.29 is 5.11 Å². The third kappa shape index (κ3) is 2.65. The quantitative estimate of drug-likeness (QED) is 0.802. The molecule has 0 aliphatic carbocycles. The Morgan fingerprint density at radius 3 is 1.86 bits per heavy atom. The Morgan fingerprint density at radius 2 is 1.50 bits per heavy atom. The van der Waals surface area contributed by atoms with E-state index in [9.17, 15) is 5.11 Å². The first-order valence-electron chi connectivity index (χ1n) is 5.19. The molecule has 0 saturated carbocycles. The number of hydrogen-bond donors (Lipinski definition) is 1. The lowest BCUT2D eigenvalue weighted by Crippen LogP contribution is -1.91. The predicted octanol–water partition coefficient (Wildman–Crippen LogP) is 3.95. The molecule has 0 radical (unpaired) electrons. The van der Waals surface area contributed by atoms with Crippen LogP contribution in [-0.4, -0.2) is 5.11 Å². The van der Waals surface area contributed by atoms with Crippen LogP contribution in [0, 0.1) is 0 Å². The van der Waals surface area contributed by atoms with E-state index in [1.54, 1.807) is 0 Å². The molecular weight excluding hydrogens is 196 g/mol. The fourth-order valence-corrected chi connectivity index (χ4v) is 1.90. The van der Waals surface area contributed by atoms with Gasteiger partial charge in [-0.15, -0.1) is 0 Å². The van der Waals surface area contributed by atoms with Crippen molar-refractivity contribution in [3.63, 3.8) is 0 Å². The zero-order chi connectivity index (χ0) is 10.6. The summed E-state index contributed by atoms with van der Waals surface area (Å²) in [6.45, 7) is 4.19. The number of aryl methyl sites for hydroxylation is 2. The monoisotopic (exact) mass is 212 g/mol. The van der Waals surface area contributed by atoms with Gasteiger partial charge in [0.2, 0.25) is 0 Å². The van der Waals surface area contributed by atoms with Crippen LogP contribution in [0.25, 0.3) is 0 Å². The molecule has 0 aliphatic rings. The van der Waals surface area contributed by atoms with Gasteiger partial charge >= 0.3 is 0 Å². The first kappa shape index (κ1) is 11.4. The fraction of sp³-hybridized carbons (Fsp3) is 0.500. The first-order valence-corrected chi connectivity index (χ1v) is 5.57. The molecule has 0 spiro atoms. The minimum atomic E-state index is 0.443. The van der Waals surface area contributed by atoms with Crippen molar-refractivity contribution in [3.8, 4) is 5.75 Å². The summed E-state index contributed by atoms with van der Waals surface area (Å²) in [4.78, 5) is 0. The molecule has 1 N–H and O–H groups in total. The number of hydrogen-bond acceptors (Lipinski definition) is 1. The number of rotatable bonds is 4. The van der Waals surface area contributed by atoms with E-state index in [0.29, 0.717) is 5.75 Å². The summed E-state index contributed by atoms with van der Waals surface area (Å²) in [5.74, 6) is 0.443. The highest BCUT2D eigenvalue weighted by Crippen LogP contribution is 2.29. The maximum absolute atomic E-state index is 9.92. The Hall–Kier alpha value is -0.690. The summed E-state index contributed by atoms with van der Waals surface area (Å²) in [7, 11) is 0. The van der Waals surface area contributed by atoms with Gasteiger partial charge in [0.05, 0.1) is 0 Å². The van der Waals surface area contributed by atoms with E-state index >= 15 is 0 Å². The van der Waals surface area contributed by atoms with Crippen LogP contribution in [0.3, 0.4) is 0 Å². The fourth-order valence-electron chi connectivity index (χ4n) is 1.64. The Kier molecular flexibility index (Phi) is 4.27. The van der Waals surface area contributed by atoms with Crippen LogP contribution in [0.1, 0.15) is 37.8 Å². The highest BCUT2D eigenvalue weighted by Gasteiger charge is 2.07. The molecule has 0 saturated heterocycles. The summed E-state index contributed by atoms with van der Waals surface area (Å²) >= 11 is 5.98. The molecule has 0 atom stereocenters. The van der Waals surface area contributed by atoms with E-state index in [0.717, 1.165) is 41.8 Å². The molecule has 1 nitrogen and oxygen atoms in total. The molecule has 78 valence electrons. The molecule has 0 aliphatic heterocycles. The van der Waals surface area contributed by atoms with Crippen LogP contribution in [-0.2, 0) is 12.8 Å². The van der Waals surface area contributed by atoms with E-state index in [1.807, 2.05) is 12.1 Å². The maximum atomic E-state index is 9.92. The molecule has 1 aromatic rings. The Bertz CT molecular complexity index is 280. The van der Waals surface area contributed by atoms with Crippen molar-refractivity contribution in [2.75, 3.05) is 0 Å². The van der Waals surface area contributed by atoms with Gasteiger partial charge < -0.3 is 5.11 Å². The van der Waals surface area contributed by atoms with Gasteiger partial charge in [-0.1, -0.05) is 38.3 Å². The zero-order valence-electron chi connectivity index (χ0n) is 8.81. The number of phenolic OH excluding ortho intramolecular Hbond substituents is 1. The Labute approximate surface area is 90.7 Å². The van der Waals surface area contributed by atoms with E-state index in [4.69, 9.17) is 11.6 Å². The number of aromatic hydroxyl groups is 1. The van der Waals surface area contributed by atoms with Gasteiger partial charge in [-0.3, -0.25) is 0 Å². The van der Waals surface area contributed by atoms with Gasteiger partial charge in [0, 0.05) is 5.02 Å². The van der Waals surface area contributed by atoms with Crippen LogP contribution in [0.15, 0.2) is 12.1 Å². The third-order valence-electron chi connectivity index (χ3n) is 2.27. The average Bonchev–Trinajstić information content (AvgIpc) is 2.14. The van der Waals surface area contributed by atoms with Crippen molar-refractivity contribution in [1.82, 2.24) is 0 Å². The normalized spacial score (nSPS) is 10.5. The largest absolute Gasteiger partial charge is 0.507 e. The summed E-state index contributed by atoms with van der Waals surface area (Å²) in [6, 6.07) is 3.72. The highest BCUT2D eigenvalue weighted by molar-refractivity contribution is 6.30. The van der Waals surface area contributed by atoms with Crippen LogP contribution >= 0.6 is 11.6 Å². The topological polar surface area (TPSA) is 20.2 Å². The van der Waals surface area contributed by atoms with E-state index in [1.165, 1.54) is 0 Å². The lowest BCUT2D eigenvalue weighted by Gasteiger charge is -2.09. The van der Waals surface area contributed by atoms with Crippen molar-refractivity contribution in [2.45, 2.75) is 39.5 Å². The average molecular weight is 213 g/mol. The molecule has 1 aromatic carbocycles. The summed E-state index contributed by atoms with van der Waals surface area (Å²) in [6.07, 6.45) is 3.84. The van der Waals surface area contributed by atoms with Gasteiger partial charge in [0.25, 0.3) is 0 Å². The van der Waals surface area contributed by atoms with Crippen LogP contribution in [0.2, 0.25) is 5.02 Å². The van der Waals surface area contributed by atoms with E-state index in [2.05, 4.69) is 13.8 Å². The second kappa shape index (κ2) is 5.26. The van der Waals surface area contributed by atoms with Gasteiger partial charge in [-0.25, -0.2) is 0 Å². The Morgan fingerprint density at radius 1 is 1.07 bits per heavy atom. The van der Waals surface area contributed by atoms with Crippen molar-refractivity contribution in [1.29, 1.82) is 0 Å². The second-order valence-electron chi connectivity index (χ2n) is 3.57. The number of benzene rings is 1. The van der Waals surface area contributed by atoms with Crippen molar-refractivity contribution in [2.24, 2.45) is 0 Å². The minimum Gasteiger partial charge on any atom is -0.507 e. The van der Waals surface area contributed by atoms with Crippen molar-refractivity contribution >= 4 is 11.6 Å². The molecule has 0 bridgehead atoms. The second-order valence-corrected chi connectivity index (χ2v) is 4.01. The van der Waals surface area contributed by atoms with Gasteiger partial charge in [0.15, 0.2) is 0 Å². The first-order chi connectivity index (χ1) is 6.69. The summed E-state index contributed by atoms with van der Waals surface area (Å²) in [5.41, 5.74) is 1.95. The lowest BCUT2D eigenvalue weighted by atomic mass is 10.0. The molecule has 0 aromatic heterocycles. The third-order valence-corrected chi connectivity index (χ3v) is 2.49. The smallest absolute Gasteiger partial charge is 0.122 e. The van der Waals surface area contributed by atoms with Gasteiger partial charge in [-0.2, -0.15) is 0 Å².